The highest BCUT2D eigenvalue weighted by Crippen LogP contribution is 2.14. The number of pyridine rings is 1. The molecule has 1 aromatic carbocycles. The number of nitriles is 1. The van der Waals surface area contributed by atoms with E-state index < -0.39 is 5.97 Å². The summed E-state index contributed by atoms with van der Waals surface area (Å²) >= 11 is 0. The number of hydrogen-bond acceptors (Lipinski definition) is 5. The second kappa shape index (κ2) is 6.75. The number of ether oxygens (including phenoxy) is 1. The summed E-state index contributed by atoms with van der Waals surface area (Å²) in [5.41, 5.74) is 2.45. The van der Waals surface area contributed by atoms with E-state index in [2.05, 4.69) is 10.1 Å². The van der Waals surface area contributed by atoms with Crippen molar-refractivity contribution >= 4 is 5.97 Å². The third-order valence-corrected chi connectivity index (χ3v) is 3.55. The highest BCUT2D eigenvalue weighted by molar-refractivity contribution is 5.90. The zero-order valence-corrected chi connectivity index (χ0v) is 13.0. The average molecular weight is 318 g/mol. The number of rotatable bonds is 4. The number of hydrogen-bond donors (Lipinski definition) is 0. The van der Waals surface area contributed by atoms with Gasteiger partial charge in [0.15, 0.2) is 5.82 Å². The van der Waals surface area contributed by atoms with Gasteiger partial charge in [-0.3, -0.25) is 0 Å². The Kier molecular flexibility index (Phi) is 4.34. The topological polar surface area (TPSA) is 80.8 Å². The smallest absolute Gasteiger partial charge is 0.341 e. The summed E-state index contributed by atoms with van der Waals surface area (Å²) < 4.78 is 6.92. The maximum absolute atomic E-state index is 12.3. The van der Waals surface area contributed by atoms with Crippen molar-refractivity contribution < 1.29 is 9.53 Å². The van der Waals surface area contributed by atoms with Crippen molar-refractivity contribution in [1.82, 2.24) is 14.8 Å². The highest BCUT2D eigenvalue weighted by atomic mass is 16.5. The van der Waals surface area contributed by atoms with Crippen LogP contribution in [-0.4, -0.2) is 20.7 Å². The monoisotopic (exact) mass is 318 g/mol. The first-order chi connectivity index (χ1) is 11.7. The largest absolute Gasteiger partial charge is 0.457 e. The fourth-order valence-corrected chi connectivity index (χ4v) is 2.22. The Balaban J connectivity index is 1.71. The normalized spacial score (nSPS) is 10.2. The summed E-state index contributed by atoms with van der Waals surface area (Å²) in [6.45, 7) is 1.93. The van der Waals surface area contributed by atoms with Gasteiger partial charge in [-0.05, 0) is 36.8 Å². The molecule has 0 saturated heterocycles. The summed E-state index contributed by atoms with van der Waals surface area (Å²) in [6.07, 6.45) is 3.14. The van der Waals surface area contributed by atoms with Crippen LogP contribution in [0, 0.1) is 18.3 Å². The average Bonchev–Trinajstić information content (AvgIpc) is 3.02. The number of aromatic nitrogens is 3. The quantitative estimate of drug-likeness (QED) is 0.691. The number of nitrogens with zero attached hydrogens (tertiary/aromatic N) is 4. The van der Waals surface area contributed by atoms with E-state index in [4.69, 9.17) is 10.00 Å². The van der Waals surface area contributed by atoms with E-state index in [1.807, 2.05) is 24.3 Å². The molecule has 0 fully saturated rings. The van der Waals surface area contributed by atoms with E-state index in [0.717, 1.165) is 5.56 Å². The third kappa shape index (κ3) is 3.15. The van der Waals surface area contributed by atoms with Crippen LogP contribution in [0.3, 0.4) is 0 Å². The Morgan fingerprint density at radius 1 is 1.25 bits per heavy atom. The molecule has 0 radical (unpaired) electrons. The van der Waals surface area contributed by atoms with Gasteiger partial charge < -0.3 is 4.74 Å². The maximum Gasteiger partial charge on any atom is 0.341 e. The van der Waals surface area contributed by atoms with E-state index in [9.17, 15) is 4.79 Å². The van der Waals surface area contributed by atoms with E-state index in [0.29, 0.717) is 22.6 Å². The third-order valence-electron chi connectivity index (χ3n) is 3.55. The Hall–Kier alpha value is -3.46. The lowest BCUT2D eigenvalue weighted by atomic mass is 10.1. The van der Waals surface area contributed by atoms with Crippen LogP contribution in [-0.2, 0) is 11.3 Å². The SMILES string of the molecule is Cc1c(C(=O)OCc2ccc(C#N)cc2)cnn1-c1ccccn1. The van der Waals surface area contributed by atoms with E-state index >= 15 is 0 Å². The predicted molar refractivity (Wildman–Crippen MR) is 86.4 cm³/mol. The van der Waals surface area contributed by atoms with Gasteiger partial charge in [-0.15, -0.1) is 0 Å². The lowest BCUT2D eigenvalue weighted by Gasteiger charge is -2.06. The predicted octanol–water partition coefficient (Wildman–Crippen LogP) is 2.80. The number of carbonyl (C=O) groups excluding carboxylic acids is 1. The van der Waals surface area contributed by atoms with Crippen LogP contribution >= 0.6 is 0 Å². The first-order valence-corrected chi connectivity index (χ1v) is 7.31. The molecule has 6 heteroatoms. The van der Waals surface area contributed by atoms with Crippen LogP contribution in [0.4, 0.5) is 0 Å². The molecule has 2 aromatic heterocycles. The molecule has 0 atom stereocenters. The molecule has 0 spiro atoms. The summed E-state index contributed by atoms with van der Waals surface area (Å²) in [5.74, 6) is 0.195. The molecular weight excluding hydrogens is 304 g/mol. The lowest BCUT2D eigenvalue weighted by molar-refractivity contribution is 0.0472. The minimum Gasteiger partial charge on any atom is -0.457 e. The molecule has 3 aromatic rings. The molecule has 0 amide bonds. The molecule has 0 unspecified atom stereocenters. The Morgan fingerprint density at radius 2 is 2.04 bits per heavy atom. The lowest BCUT2D eigenvalue weighted by Crippen LogP contribution is -2.08. The zero-order valence-electron chi connectivity index (χ0n) is 13.0. The molecule has 0 N–H and O–H groups in total. The van der Waals surface area contributed by atoms with Crippen molar-refractivity contribution in [3.63, 3.8) is 0 Å². The van der Waals surface area contributed by atoms with Gasteiger partial charge in [-0.25, -0.2) is 14.5 Å². The molecule has 0 bridgehead atoms. The molecule has 0 aliphatic rings. The summed E-state index contributed by atoms with van der Waals surface area (Å²) in [4.78, 5) is 16.5. The highest BCUT2D eigenvalue weighted by Gasteiger charge is 2.17. The second-order valence-electron chi connectivity index (χ2n) is 5.13. The van der Waals surface area contributed by atoms with Crippen molar-refractivity contribution in [3.05, 3.63) is 77.2 Å². The van der Waals surface area contributed by atoms with Crippen LogP contribution < -0.4 is 0 Å². The Bertz CT molecular complexity index is 893. The first kappa shape index (κ1) is 15.4. The van der Waals surface area contributed by atoms with Gasteiger partial charge in [0.05, 0.1) is 23.5 Å². The van der Waals surface area contributed by atoms with Crippen molar-refractivity contribution in [2.75, 3.05) is 0 Å². The molecule has 2 heterocycles. The number of esters is 1. The first-order valence-electron chi connectivity index (χ1n) is 7.31. The van der Waals surface area contributed by atoms with E-state index in [1.54, 1.807) is 42.1 Å². The standard InChI is InChI=1S/C18H14N4O2/c1-13-16(11-21-22(13)17-4-2-3-9-20-17)18(23)24-12-15-7-5-14(10-19)6-8-15/h2-9,11H,12H2,1H3. The van der Waals surface area contributed by atoms with Gasteiger partial charge >= 0.3 is 5.97 Å². The van der Waals surface area contributed by atoms with Crippen LogP contribution in [0.1, 0.15) is 27.2 Å². The zero-order chi connectivity index (χ0) is 16.9. The van der Waals surface area contributed by atoms with E-state index in [-0.39, 0.29) is 6.61 Å². The van der Waals surface area contributed by atoms with Crippen LogP contribution in [0.15, 0.2) is 54.9 Å². The summed E-state index contributed by atoms with van der Waals surface area (Å²) in [6, 6.07) is 14.4. The van der Waals surface area contributed by atoms with Crippen molar-refractivity contribution in [3.8, 4) is 11.9 Å². The summed E-state index contributed by atoms with van der Waals surface area (Å²) in [7, 11) is 0. The Labute approximate surface area is 138 Å². The molecule has 118 valence electrons. The minimum atomic E-state index is -0.445. The van der Waals surface area contributed by atoms with Crippen molar-refractivity contribution in [1.29, 1.82) is 5.26 Å². The molecule has 0 saturated carbocycles. The molecule has 6 nitrogen and oxygen atoms in total. The van der Waals surface area contributed by atoms with Crippen molar-refractivity contribution in [2.24, 2.45) is 0 Å². The van der Waals surface area contributed by atoms with Gasteiger partial charge in [0, 0.05) is 6.20 Å². The van der Waals surface area contributed by atoms with Gasteiger partial charge in [0.2, 0.25) is 0 Å². The van der Waals surface area contributed by atoms with Gasteiger partial charge in [0.25, 0.3) is 0 Å². The van der Waals surface area contributed by atoms with Crippen LogP contribution in [0.2, 0.25) is 0 Å². The molecular formula is C18H14N4O2. The summed E-state index contributed by atoms with van der Waals surface area (Å²) in [5, 5.41) is 13.0. The van der Waals surface area contributed by atoms with Gasteiger partial charge in [-0.2, -0.15) is 10.4 Å². The minimum absolute atomic E-state index is 0.138. The fraction of sp³-hybridized carbons (Fsp3) is 0.111. The number of carbonyl (C=O) groups is 1. The van der Waals surface area contributed by atoms with E-state index in [1.165, 1.54) is 6.20 Å². The van der Waals surface area contributed by atoms with Crippen molar-refractivity contribution in [2.45, 2.75) is 13.5 Å². The fourth-order valence-electron chi connectivity index (χ4n) is 2.22. The Morgan fingerprint density at radius 3 is 2.71 bits per heavy atom. The molecule has 24 heavy (non-hydrogen) atoms. The van der Waals surface area contributed by atoms with Crippen LogP contribution in [0.25, 0.3) is 5.82 Å². The van der Waals surface area contributed by atoms with Crippen LogP contribution in [0.5, 0.6) is 0 Å². The molecule has 3 rings (SSSR count). The van der Waals surface area contributed by atoms with Gasteiger partial charge in [-0.1, -0.05) is 18.2 Å². The molecule has 0 aliphatic heterocycles. The molecule has 0 aliphatic carbocycles. The second-order valence-corrected chi connectivity index (χ2v) is 5.13. The number of benzene rings is 1. The maximum atomic E-state index is 12.3. The van der Waals surface area contributed by atoms with Gasteiger partial charge in [0.1, 0.15) is 12.2 Å².